The van der Waals surface area contributed by atoms with Crippen LogP contribution in [0.3, 0.4) is 0 Å². The number of halogens is 8. The number of alkyl halides is 7. The van der Waals surface area contributed by atoms with Gasteiger partial charge in [0.15, 0.2) is 17.7 Å². The summed E-state index contributed by atoms with van der Waals surface area (Å²) >= 11 is 0. The molecule has 240 valence electrons. The van der Waals surface area contributed by atoms with Crippen LogP contribution in [0.5, 0.6) is 0 Å². The molecule has 3 N–H and O–H groups in total. The average molecular weight is 637 g/mol. The van der Waals surface area contributed by atoms with E-state index in [1.807, 2.05) is 0 Å². The number of rotatable bonds is 11. The van der Waals surface area contributed by atoms with Crippen molar-refractivity contribution in [3.05, 3.63) is 40.7 Å². The van der Waals surface area contributed by atoms with Crippen molar-refractivity contribution in [2.75, 3.05) is 6.54 Å². The van der Waals surface area contributed by atoms with Crippen LogP contribution in [-0.2, 0) is 4.79 Å². The highest BCUT2D eigenvalue weighted by atomic mass is 19.3. The molecule has 1 unspecified atom stereocenters. The number of H-pyrrole nitrogens is 1. The Morgan fingerprint density at radius 1 is 1.11 bits per heavy atom. The molecule has 0 aliphatic heterocycles. The fourth-order valence-electron chi connectivity index (χ4n) is 5.41. The maximum Gasteiger partial charge on any atom is 0.276 e. The topological polar surface area (TPSA) is 126 Å². The lowest BCUT2D eigenvalue weighted by atomic mass is 9.81. The van der Waals surface area contributed by atoms with Crippen molar-refractivity contribution in [3.63, 3.8) is 0 Å². The van der Waals surface area contributed by atoms with Gasteiger partial charge in [-0.05, 0) is 42.8 Å². The van der Waals surface area contributed by atoms with Crippen LogP contribution in [0.2, 0.25) is 0 Å². The van der Waals surface area contributed by atoms with Gasteiger partial charge in [-0.2, -0.15) is 0 Å². The highest BCUT2D eigenvalue weighted by molar-refractivity contribution is 5.93. The summed E-state index contributed by atoms with van der Waals surface area (Å²) in [4.78, 5) is 32.8. The molecule has 2 aliphatic rings. The first-order valence-corrected chi connectivity index (χ1v) is 13.9. The molecule has 3 atom stereocenters. The molecule has 5 rings (SSSR count). The molecule has 1 aromatic carbocycles. The van der Waals surface area contributed by atoms with Gasteiger partial charge < -0.3 is 15.6 Å². The van der Waals surface area contributed by atoms with Gasteiger partial charge in [0.25, 0.3) is 18.3 Å². The van der Waals surface area contributed by atoms with E-state index in [-0.39, 0.29) is 35.8 Å². The van der Waals surface area contributed by atoms with Gasteiger partial charge in [-0.3, -0.25) is 9.59 Å². The van der Waals surface area contributed by atoms with Gasteiger partial charge in [0.05, 0.1) is 18.1 Å². The zero-order chi connectivity index (χ0) is 32.0. The standard InChI is InChI=1S/C27H28F8N6O3/c1-26(32,33)10-36-24(42)15(17(29)22(30)31)13-4-5-14-20(16(13)28)38-23(37-14)19(12-6-8-27(34,35)9-7-12)39-25(43)21-18(11-2-3-11)40-44-41-21/h4-5,11-12,15,17,19,22H,2-3,6-10H2,1H3,(H,36,42)(H,37,38)(H,39,43)/t15-,17?,19+/m1/s1. The molecule has 0 spiro atoms. The van der Waals surface area contributed by atoms with Crippen molar-refractivity contribution in [2.24, 2.45) is 5.92 Å². The van der Waals surface area contributed by atoms with E-state index in [0.29, 0.717) is 12.6 Å². The molecule has 2 fully saturated rings. The van der Waals surface area contributed by atoms with E-state index in [4.69, 9.17) is 4.63 Å². The number of aromatic amines is 1. The lowest BCUT2D eigenvalue weighted by Gasteiger charge is -2.33. The van der Waals surface area contributed by atoms with Crippen molar-refractivity contribution in [1.82, 2.24) is 30.9 Å². The lowest BCUT2D eigenvalue weighted by Crippen LogP contribution is -2.41. The van der Waals surface area contributed by atoms with Crippen LogP contribution in [0.1, 0.15) is 90.9 Å². The Morgan fingerprint density at radius 3 is 2.41 bits per heavy atom. The van der Waals surface area contributed by atoms with Crippen molar-refractivity contribution in [1.29, 1.82) is 0 Å². The molecular formula is C27H28F8N6O3. The fourth-order valence-corrected chi connectivity index (χ4v) is 5.41. The summed E-state index contributed by atoms with van der Waals surface area (Å²) in [5.41, 5.74) is -1.20. The third-order valence-electron chi connectivity index (χ3n) is 7.90. The molecule has 2 aliphatic carbocycles. The number of nitrogens with one attached hydrogen (secondary N) is 3. The third-order valence-corrected chi connectivity index (χ3v) is 7.90. The predicted octanol–water partition coefficient (Wildman–Crippen LogP) is 5.72. The second-order valence-corrected chi connectivity index (χ2v) is 11.4. The van der Waals surface area contributed by atoms with Gasteiger partial charge in [-0.1, -0.05) is 11.2 Å². The van der Waals surface area contributed by atoms with E-state index in [0.717, 1.165) is 25.0 Å². The second-order valence-electron chi connectivity index (χ2n) is 11.4. The SMILES string of the molecule is CC(F)(F)CNC(=O)[C@H](c1ccc2[nH]c([C@@H](NC(=O)c3nonc3C3CC3)C3CCC(F)(F)CC3)nc2c1F)C(F)C(F)F. The minimum Gasteiger partial charge on any atom is -0.349 e. The number of nitrogens with zero attached hydrogens (tertiary/aromatic N) is 3. The van der Waals surface area contributed by atoms with E-state index in [9.17, 15) is 40.3 Å². The first-order valence-electron chi connectivity index (χ1n) is 13.9. The van der Waals surface area contributed by atoms with Gasteiger partial charge in [0.2, 0.25) is 11.8 Å². The second kappa shape index (κ2) is 12.0. The highest BCUT2D eigenvalue weighted by Crippen LogP contribution is 2.43. The number of aromatic nitrogens is 4. The first-order chi connectivity index (χ1) is 20.6. The maximum atomic E-state index is 15.8. The Morgan fingerprint density at radius 2 is 1.80 bits per heavy atom. The van der Waals surface area contributed by atoms with Crippen LogP contribution in [0.25, 0.3) is 11.0 Å². The van der Waals surface area contributed by atoms with Gasteiger partial charge in [0, 0.05) is 31.2 Å². The number of benzene rings is 1. The van der Waals surface area contributed by atoms with Crippen molar-refractivity contribution >= 4 is 22.8 Å². The van der Waals surface area contributed by atoms with E-state index in [2.05, 4.69) is 25.6 Å². The smallest absolute Gasteiger partial charge is 0.276 e. The van der Waals surface area contributed by atoms with Crippen LogP contribution in [-0.4, -0.2) is 63.1 Å². The number of carbonyl (C=O) groups is 2. The van der Waals surface area contributed by atoms with E-state index in [1.165, 1.54) is 0 Å². The van der Waals surface area contributed by atoms with Gasteiger partial charge >= 0.3 is 0 Å². The van der Waals surface area contributed by atoms with Crippen LogP contribution in [0.4, 0.5) is 35.1 Å². The van der Waals surface area contributed by atoms with E-state index in [1.54, 1.807) is 5.32 Å². The summed E-state index contributed by atoms with van der Waals surface area (Å²) in [5, 5.41) is 11.8. The normalized spacial score (nSPS) is 19.6. The highest BCUT2D eigenvalue weighted by Gasteiger charge is 2.42. The number of amides is 2. The molecule has 9 nitrogen and oxygen atoms in total. The fraction of sp³-hybridized carbons (Fsp3) is 0.593. The average Bonchev–Trinajstić information content (AvgIpc) is 3.50. The largest absolute Gasteiger partial charge is 0.349 e. The molecule has 3 aromatic rings. The number of fused-ring (bicyclic) bond motifs is 1. The van der Waals surface area contributed by atoms with E-state index < -0.39 is 90.4 Å². The lowest BCUT2D eigenvalue weighted by molar-refractivity contribution is -0.127. The molecule has 17 heteroatoms. The summed E-state index contributed by atoms with van der Waals surface area (Å²) in [6.07, 6.45) is -6.53. The quantitative estimate of drug-likeness (QED) is 0.232. The van der Waals surface area contributed by atoms with Crippen LogP contribution in [0.15, 0.2) is 16.8 Å². The predicted molar refractivity (Wildman–Crippen MR) is 137 cm³/mol. The zero-order valence-electron chi connectivity index (χ0n) is 23.2. The Kier molecular flexibility index (Phi) is 8.59. The Bertz CT molecular complexity index is 1510. The molecule has 0 radical (unpaired) electrons. The van der Waals surface area contributed by atoms with Crippen LogP contribution < -0.4 is 10.6 Å². The maximum absolute atomic E-state index is 15.8. The Labute approximate surface area is 244 Å². The Balaban J connectivity index is 1.50. The molecule has 44 heavy (non-hydrogen) atoms. The third kappa shape index (κ3) is 6.80. The number of hydrogen-bond donors (Lipinski definition) is 3. The molecule has 0 bridgehead atoms. The number of carbonyl (C=O) groups excluding carboxylic acids is 2. The van der Waals surface area contributed by atoms with Gasteiger partial charge in [-0.15, -0.1) is 0 Å². The van der Waals surface area contributed by atoms with Crippen molar-refractivity contribution in [2.45, 2.75) is 87.8 Å². The van der Waals surface area contributed by atoms with Crippen molar-refractivity contribution in [3.8, 4) is 0 Å². The summed E-state index contributed by atoms with van der Waals surface area (Å²) in [5.74, 6) is -13.3. The Hall–Kier alpha value is -3.79. The van der Waals surface area contributed by atoms with Crippen LogP contribution in [0, 0.1) is 11.7 Å². The first kappa shape index (κ1) is 31.6. The van der Waals surface area contributed by atoms with Gasteiger partial charge in [0.1, 0.15) is 23.0 Å². The molecular weight excluding hydrogens is 608 g/mol. The number of hydrogen-bond acceptors (Lipinski definition) is 6. The van der Waals surface area contributed by atoms with Crippen molar-refractivity contribution < 1.29 is 49.3 Å². The minimum absolute atomic E-state index is 0.0196. The monoisotopic (exact) mass is 636 g/mol. The van der Waals surface area contributed by atoms with E-state index >= 15 is 4.39 Å². The molecule has 2 saturated carbocycles. The number of imidazole rings is 1. The molecule has 2 aromatic heterocycles. The van der Waals surface area contributed by atoms with Crippen LogP contribution >= 0.6 is 0 Å². The summed E-state index contributed by atoms with van der Waals surface area (Å²) < 4.78 is 116. The minimum atomic E-state index is -3.76. The molecule has 2 amide bonds. The molecule has 2 heterocycles. The summed E-state index contributed by atoms with van der Waals surface area (Å²) in [7, 11) is 0. The summed E-state index contributed by atoms with van der Waals surface area (Å²) in [6.45, 7) is -0.866. The zero-order valence-corrected chi connectivity index (χ0v) is 23.2. The molecule has 0 saturated heterocycles. The van der Waals surface area contributed by atoms with Gasteiger partial charge in [-0.25, -0.2) is 44.7 Å². The summed E-state index contributed by atoms with van der Waals surface area (Å²) in [6, 6.07) is 0.886.